The summed E-state index contributed by atoms with van der Waals surface area (Å²) in [7, 11) is 2.06. The van der Waals surface area contributed by atoms with E-state index in [1.54, 1.807) is 0 Å². The maximum Gasteiger partial charge on any atom is 0.0511 e. The van der Waals surface area contributed by atoms with Crippen LogP contribution in [0.15, 0.2) is 24.3 Å². The maximum atomic E-state index is 9.18. The van der Waals surface area contributed by atoms with Crippen molar-refractivity contribution >= 4 is 10.9 Å². The zero-order valence-corrected chi connectivity index (χ0v) is 9.49. The van der Waals surface area contributed by atoms with E-state index in [0.29, 0.717) is 0 Å². The fourth-order valence-corrected chi connectivity index (χ4v) is 2.03. The van der Waals surface area contributed by atoms with Gasteiger partial charge in [-0.1, -0.05) is 19.1 Å². The molecule has 0 spiro atoms. The van der Waals surface area contributed by atoms with E-state index in [4.69, 9.17) is 0 Å². The molecule has 1 unspecified atom stereocenters. The molecule has 0 amide bonds. The van der Waals surface area contributed by atoms with E-state index in [9.17, 15) is 5.11 Å². The molecule has 0 bridgehead atoms. The standard InChI is InChI=1S/C13H17NO/c1-9-4-5-11-7-12(10(2)8-15)14(3)13(11)6-9/h4-7,10,15H,8H2,1-3H3. The maximum absolute atomic E-state index is 9.18. The minimum atomic E-state index is 0.197. The lowest BCUT2D eigenvalue weighted by Gasteiger charge is -2.09. The second-order valence-corrected chi connectivity index (χ2v) is 4.27. The summed E-state index contributed by atoms with van der Waals surface area (Å²) in [5.41, 5.74) is 3.70. The molecule has 80 valence electrons. The quantitative estimate of drug-likeness (QED) is 0.797. The zero-order chi connectivity index (χ0) is 11.0. The van der Waals surface area contributed by atoms with Crippen molar-refractivity contribution in [3.63, 3.8) is 0 Å². The number of fused-ring (bicyclic) bond motifs is 1. The van der Waals surface area contributed by atoms with Crippen molar-refractivity contribution in [2.24, 2.45) is 7.05 Å². The largest absolute Gasteiger partial charge is 0.396 e. The fourth-order valence-electron chi connectivity index (χ4n) is 2.03. The Bertz CT molecular complexity index is 484. The Morgan fingerprint density at radius 1 is 1.33 bits per heavy atom. The van der Waals surface area contributed by atoms with Crippen LogP contribution in [0.4, 0.5) is 0 Å². The Morgan fingerprint density at radius 2 is 2.07 bits per heavy atom. The van der Waals surface area contributed by atoms with Crippen LogP contribution in [0.25, 0.3) is 10.9 Å². The van der Waals surface area contributed by atoms with Crippen LogP contribution in [0, 0.1) is 6.92 Å². The molecule has 2 aromatic rings. The van der Waals surface area contributed by atoms with E-state index < -0.39 is 0 Å². The topological polar surface area (TPSA) is 25.2 Å². The number of benzene rings is 1. The molecule has 1 heterocycles. The first kappa shape index (κ1) is 10.2. The van der Waals surface area contributed by atoms with Crippen molar-refractivity contribution < 1.29 is 5.11 Å². The smallest absolute Gasteiger partial charge is 0.0511 e. The first-order valence-electron chi connectivity index (χ1n) is 5.30. The number of hydrogen-bond acceptors (Lipinski definition) is 1. The van der Waals surface area contributed by atoms with Gasteiger partial charge in [-0.2, -0.15) is 0 Å². The number of hydrogen-bond donors (Lipinski definition) is 1. The van der Waals surface area contributed by atoms with Gasteiger partial charge in [-0.05, 0) is 30.0 Å². The molecule has 1 aromatic heterocycles. The molecule has 2 rings (SSSR count). The van der Waals surface area contributed by atoms with Gasteiger partial charge in [0, 0.05) is 24.2 Å². The molecule has 0 aliphatic heterocycles. The number of aliphatic hydroxyl groups is 1. The van der Waals surface area contributed by atoms with Gasteiger partial charge in [0.25, 0.3) is 0 Å². The van der Waals surface area contributed by atoms with Gasteiger partial charge in [0.1, 0.15) is 0 Å². The van der Waals surface area contributed by atoms with E-state index >= 15 is 0 Å². The van der Waals surface area contributed by atoms with Crippen LogP contribution in [0.2, 0.25) is 0 Å². The predicted octanol–water partition coefficient (Wildman–Crippen LogP) is 2.58. The Labute approximate surface area is 90.2 Å². The van der Waals surface area contributed by atoms with Crippen molar-refractivity contribution in [2.75, 3.05) is 6.61 Å². The molecule has 0 saturated heterocycles. The van der Waals surface area contributed by atoms with Crippen LogP contribution in [0.3, 0.4) is 0 Å². The van der Waals surface area contributed by atoms with Gasteiger partial charge in [0.15, 0.2) is 0 Å². The van der Waals surface area contributed by atoms with E-state index in [1.165, 1.54) is 22.2 Å². The number of aromatic nitrogens is 1. The molecule has 0 radical (unpaired) electrons. The molecule has 0 fully saturated rings. The monoisotopic (exact) mass is 203 g/mol. The number of aryl methyl sites for hydroxylation is 2. The Balaban J connectivity index is 2.64. The summed E-state index contributed by atoms with van der Waals surface area (Å²) in [6.45, 7) is 4.34. The summed E-state index contributed by atoms with van der Waals surface area (Å²) < 4.78 is 2.17. The number of rotatable bonds is 2. The summed E-state index contributed by atoms with van der Waals surface area (Å²) in [6.07, 6.45) is 0. The van der Waals surface area contributed by atoms with Crippen LogP contribution in [-0.4, -0.2) is 16.3 Å². The summed E-state index contributed by atoms with van der Waals surface area (Å²) in [5.74, 6) is 0.197. The average Bonchev–Trinajstić information content (AvgIpc) is 2.55. The Morgan fingerprint density at radius 3 is 2.73 bits per heavy atom. The van der Waals surface area contributed by atoms with Crippen LogP contribution >= 0.6 is 0 Å². The van der Waals surface area contributed by atoms with Gasteiger partial charge in [-0.25, -0.2) is 0 Å². The van der Waals surface area contributed by atoms with Gasteiger partial charge < -0.3 is 9.67 Å². The normalized spacial score (nSPS) is 13.3. The minimum absolute atomic E-state index is 0.197. The third-order valence-electron chi connectivity index (χ3n) is 3.02. The van der Waals surface area contributed by atoms with E-state index in [2.05, 4.69) is 42.8 Å². The summed E-state index contributed by atoms with van der Waals surface area (Å²) in [4.78, 5) is 0. The highest BCUT2D eigenvalue weighted by Crippen LogP contribution is 2.24. The lowest BCUT2D eigenvalue weighted by atomic mass is 10.1. The Kier molecular flexibility index (Phi) is 2.53. The van der Waals surface area contributed by atoms with E-state index in [-0.39, 0.29) is 12.5 Å². The number of aliphatic hydroxyl groups excluding tert-OH is 1. The van der Waals surface area contributed by atoms with Gasteiger partial charge in [-0.15, -0.1) is 0 Å². The first-order chi connectivity index (χ1) is 7.13. The lowest BCUT2D eigenvalue weighted by molar-refractivity contribution is 0.269. The molecule has 1 atom stereocenters. The lowest BCUT2D eigenvalue weighted by Crippen LogP contribution is -2.04. The molecule has 0 saturated carbocycles. The predicted molar refractivity (Wildman–Crippen MR) is 63.2 cm³/mol. The van der Waals surface area contributed by atoms with Crippen LogP contribution < -0.4 is 0 Å². The van der Waals surface area contributed by atoms with Crippen molar-refractivity contribution in [3.8, 4) is 0 Å². The van der Waals surface area contributed by atoms with Gasteiger partial charge >= 0.3 is 0 Å². The highest BCUT2D eigenvalue weighted by atomic mass is 16.3. The van der Waals surface area contributed by atoms with Crippen molar-refractivity contribution in [2.45, 2.75) is 19.8 Å². The van der Waals surface area contributed by atoms with Crippen LogP contribution in [0.1, 0.15) is 24.1 Å². The molecule has 0 aliphatic carbocycles. The molecule has 2 heteroatoms. The molecular formula is C13H17NO. The fraction of sp³-hybridized carbons (Fsp3) is 0.385. The van der Waals surface area contributed by atoms with Crippen molar-refractivity contribution in [1.82, 2.24) is 4.57 Å². The zero-order valence-electron chi connectivity index (χ0n) is 9.49. The summed E-state index contributed by atoms with van der Waals surface area (Å²) in [5, 5.41) is 10.4. The Hall–Kier alpha value is -1.28. The number of nitrogens with zero attached hydrogens (tertiary/aromatic N) is 1. The van der Waals surface area contributed by atoms with Crippen molar-refractivity contribution in [3.05, 3.63) is 35.5 Å². The molecule has 0 aliphatic rings. The van der Waals surface area contributed by atoms with Crippen molar-refractivity contribution in [1.29, 1.82) is 0 Å². The van der Waals surface area contributed by atoms with Crippen LogP contribution in [-0.2, 0) is 7.05 Å². The highest BCUT2D eigenvalue weighted by molar-refractivity contribution is 5.82. The van der Waals surface area contributed by atoms with E-state index in [1.807, 2.05) is 6.92 Å². The SMILES string of the molecule is Cc1ccc2cc(C(C)CO)n(C)c2c1. The van der Waals surface area contributed by atoms with Gasteiger partial charge in [-0.3, -0.25) is 0 Å². The van der Waals surface area contributed by atoms with E-state index in [0.717, 1.165) is 0 Å². The molecule has 2 nitrogen and oxygen atoms in total. The first-order valence-corrected chi connectivity index (χ1v) is 5.30. The molecule has 15 heavy (non-hydrogen) atoms. The summed E-state index contributed by atoms with van der Waals surface area (Å²) in [6, 6.07) is 8.60. The highest BCUT2D eigenvalue weighted by Gasteiger charge is 2.11. The second kappa shape index (κ2) is 3.70. The molecular weight excluding hydrogens is 186 g/mol. The minimum Gasteiger partial charge on any atom is -0.396 e. The van der Waals surface area contributed by atoms with Gasteiger partial charge in [0.2, 0.25) is 0 Å². The average molecular weight is 203 g/mol. The third kappa shape index (κ3) is 1.65. The summed E-state index contributed by atoms with van der Waals surface area (Å²) >= 11 is 0. The van der Waals surface area contributed by atoms with Crippen LogP contribution in [0.5, 0.6) is 0 Å². The molecule has 1 aromatic carbocycles. The molecule has 1 N–H and O–H groups in total. The second-order valence-electron chi connectivity index (χ2n) is 4.27. The third-order valence-corrected chi connectivity index (χ3v) is 3.02. The van der Waals surface area contributed by atoms with Gasteiger partial charge in [0.05, 0.1) is 6.61 Å².